The third-order valence-corrected chi connectivity index (χ3v) is 3.45. The number of hydrogen-bond donors (Lipinski definition) is 0. The Morgan fingerprint density at radius 3 is 2.65 bits per heavy atom. The first kappa shape index (κ1) is 12.7. The minimum atomic E-state index is -0.133. The molecule has 1 aromatic carbocycles. The van der Waals surface area contributed by atoms with Gasteiger partial charge in [0.25, 0.3) is 0 Å². The van der Waals surface area contributed by atoms with Gasteiger partial charge in [0, 0.05) is 16.5 Å². The zero-order chi connectivity index (χ0) is 12.4. The zero-order valence-corrected chi connectivity index (χ0v) is 11.6. The largest absolute Gasteiger partial charge is 0.460 e. The summed E-state index contributed by atoms with van der Waals surface area (Å²) in [6, 6.07) is 6.73. The summed E-state index contributed by atoms with van der Waals surface area (Å²) in [5.41, 5.74) is 0.726. The highest BCUT2D eigenvalue weighted by Gasteiger charge is 2.15. The Balaban J connectivity index is 2.22. The van der Waals surface area contributed by atoms with Gasteiger partial charge in [0.05, 0.1) is 10.7 Å². The van der Waals surface area contributed by atoms with Crippen LogP contribution in [0.15, 0.2) is 39.4 Å². The molecule has 1 aromatic heterocycles. The lowest BCUT2D eigenvalue weighted by molar-refractivity contribution is 0.0965. The van der Waals surface area contributed by atoms with E-state index in [1.807, 2.05) is 0 Å². The van der Waals surface area contributed by atoms with Crippen LogP contribution in [0.5, 0.6) is 0 Å². The lowest BCUT2D eigenvalue weighted by atomic mass is 10.1. The van der Waals surface area contributed by atoms with Crippen molar-refractivity contribution < 1.29 is 9.21 Å². The Kier molecular flexibility index (Phi) is 3.92. The van der Waals surface area contributed by atoms with E-state index < -0.39 is 0 Å². The molecule has 88 valence electrons. The highest BCUT2D eigenvalue weighted by molar-refractivity contribution is 9.10. The Labute approximate surface area is 117 Å². The summed E-state index contributed by atoms with van der Waals surface area (Å²) < 4.78 is 5.74. The second kappa shape index (κ2) is 5.25. The lowest BCUT2D eigenvalue weighted by Gasteiger charge is -2.03. The number of carbonyl (C=O) groups excluding carboxylic acids is 1. The van der Waals surface area contributed by atoms with Gasteiger partial charge in [-0.25, -0.2) is 0 Å². The van der Waals surface area contributed by atoms with E-state index in [2.05, 4.69) is 15.9 Å². The Hall–Kier alpha value is -0.770. The Morgan fingerprint density at radius 1 is 1.29 bits per heavy atom. The van der Waals surface area contributed by atoms with Gasteiger partial charge in [-0.3, -0.25) is 4.79 Å². The van der Waals surface area contributed by atoms with Crippen LogP contribution >= 0.6 is 39.1 Å². The van der Waals surface area contributed by atoms with Crippen molar-refractivity contribution in [3.63, 3.8) is 0 Å². The summed E-state index contributed by atoms with van der Waals surface area (Å²) >= 11 is 15.0. The fourth-order valence-corrected chi connectivity index (χ4v) is 2.31. The van der Waals surface area contributed by atoms with Gasteiger partial charge in [0.15, 0.2) is 5.76 Å². The van der Waals surface area contributed by atoms with Crippen LogP contribution in [0.1, 0.15) is 16.1 Å². The summed E-state index contributed by atoms with van der Waals surface area (Å²) in [5.74, 6) is 0.169. The van der Waals surface area contributed by atoms with Crippen LogP contribution in [0.3, 0.4) is 0 Å². The van der Waals surface area contributed by atoms with Crippen molar-refractivity contribution in [2.45, 2.75) is 6.42 Å². The average Bonchev–Trinajstić information content (AvgIpc) is 2.68. The average molecular weight is 334 g/mol. The molecule has 0 aliphatic heterocycles. The molecule has 0 amide bonds. The molecule has 0 fully saturated rings. The third kappa shape index (κ3) is 2.92. The zero-order valence-electron chi connectivity index (χ0n) is 8.54. The van der Waals surface area contributed by atoms with Gasteiger partial charge in [0.2, 0.25) is 5.78 Å². The van der Waals surface area contributed by atoms with E-state index >= 15 is 0 Å². The summed E-state index contributed by atoms with van der Waals surface area (Å²) in [5, 5.41) is 1.03. The minimum Gasteiger partial charge on any atom is -0.460 e. The molecule has 5 heteroatoms. The minimum absolute atomic E-state index is 0.133. The van der Waals surface area contributed by atoms with E-state index in [4.69, 9.17) is 27.6 Å². The van der Waals surface area contributed by atoms with E-state index in [0.29, 0.717) is 20.3 Å². The highest BCUT2D eigenvalue weighted by Crippen LogP contribution is 2.24. The van der Waals surface area contributed by atoms with E-state index in [0.717, 1.165) is 5.56 Å². The van der Waals surface area contributed by atoms with Gasteiger partial charge in [-0.05, 0) is 39.7 Å². The normalized spacial score (nSPS) is 10.5. The molecule has 1 heterocycles. The molecule has 17 heavy (non-hydrogen) atoms. The SMILES string of the molecule is O=C(Cc1ccc(Cl)cc1Cl)c1occc1Br. The molecule has 0 saturated heterocycles. The van der Waals surface area contributed by atoms with Crippen molar-refractivity contribution in [2.24, 2.45) is 0 Å². The molecule has 2 rings (SSSR count). The molecule has 2 aromatic rings. The molecule has 0 aliphatic carbocycles. The summed E-state index contributed by atoms with van der Waals surface area (Å²) in [6.45, 7) is 0. The molecule has 0 unspecified atom stereocenters. The first-order valence-corrected chi connectivity index (χ1v) is 6.33. The van der Waals surface area contributed by atoms with E-state index in [9.17, 15) is 4.79 Å². The second-order valence-electron chi connectivity index (χ2n) is 3.43. The summed E-state index contributed by atoms with van der Waals surface area (Å²) in [7, 11) is 0. The number of rotatable bonds is 3. The lowest BCUT2D eigenvalue weighted by Crippen LogP contribution is -2.03. The summed E-state index contributed by atoms with van der Waals surface area (Å²) in [4.78, 5) is 11.9. The van der Waals surface area contributed by atoms with Crippen molar-refractivity contribution in [2.75, 3.05) is 0 Å². The Bertz CT molecular complexity index is 563. The van der Waals surface area contributed by atoms with Gasteiger partial charge >= 0.3 is 0 Å². The topological polar surface area (TPSA) is 30.2 Å². The predicted octanol–water partition coefficient (Wildman–Crippen LogP) is 4.77. The number of ketones is 1. The number of halogens is 3. The maximum Gasteiger partial charge on any atom is 0.203 e. The predicted molar refractivity (Wildman–Crippen MR) is 70.9 cm³/mol. The van der Waals surface area contributed by atoms with Gasteiger partial charge < -0.3 is 4.42 Å². The van der Waals surface area contributed by atoms with Crippen LogP contribution < -0.4 is 0 Å². The van der Waals surface area contributed by atoms with E-state index in [1.54, 1.807) is 24.3 Å². The highest BCUT2D eigenvalue weighted by atomic mass is 79.9. The Morgan fingerprint density at radius 2 is 2.06 bits per heavy atom. The molecular weight excluding hydrogens is 327 g/mol. The van der Waals surface area contributed by atoms with Gasteiger partial charge in [-0.15, -0.1) is 0 Å². The smallest absolute Gasteiger partial charge is 0.203 e. The monoisotopic (exact) mass is 332 g/mol. The van der Waals surface area contributed by atoms with Crippen molar-refractivity contribution in [3.8, 4) is 0 Å². The molecule has 0 saturated carbocycles. The molecule has 0 N–H and O–H groups in total. The van der Waals surface area contributed by atoms with Crippen LogP contribution in [0, 0.1) is 0 Å². The number of benzene rings is 1. The number of Topliss-reactive ketones (excluding diaryl/α,β-unsaturated/α-hetero) is 1. The third-order valence-electron chi connectivity index (χ3n) is 2.24. The van der Waals surface area contributed by atoms with Crippen molar-refractivity contribution in [1.82, 2.24) is 0 Å². The molecule has 0 aliphatic rings. The first-order chi connectivity index (χ1) is 8.08. The van der Waals surface area contributed by atoms with Crippen molar-refractivity contribution in [3.05, 3.63) is 56.4 Å². The van der Waals surface area contributed by atoms with Gasteiger partial charge in [-0.2, -0.15) is 0 Å². The standard InChI is InChI=1S/C12H7BrCl2O2/c13-9-3-4-17-12(9)11(16)5-7-1-2-8(14)6-10(7)15/h1-4,6H,5H2. The number of carbonyl (C=O) groups is 1. The molecule has 0 spiro atoms. The van der Waals surface area contributed by atoms with E-state index in [-0.39, 0.29) is 12.2 Å². The van der Waals surface area contributed by atoms with Crippen LogP contribution in [0.4, 0.5) is 0 Å². The molecular formula is C12H7BrCl2O2. The molecule has 2 nitrogen and oxygen atoms in total. The van der Waals surface area contributed by atoms with Gasteiger partial charge in [0.1, 0.15) is 0 Å². The molecule has 0 atom stereocenters. The summed E-state index contributed by atoms with van der Waals surface area (Å²) in [6.07, 6.45) is 1.64. The molecule has 0 radical (unpaired) electrons. The first-order valence-electron chi connectivity index (χ1n) is 4.78. The fourth-order valence-electron chi connectivity index (χ4n) is 1.41. The molecule has 0 bridgehead atoms. The van der Waals surface area contributed by atoms with Crippen LogP contribution in [0.25, 0.3) is 0 Å². The second-order valence-corrected chi connectivity index (χ2v) is 5.13. The number of furan rings is 1. The fraction of sp³-hybridized carbons (Fsp3) is 0.0833. The maximum absolute atomic E-state index is 11.9. The van der Waals surface area contributed by atoms with Gasteiger partial charge in [-0.1, -0.05) is 29.3 Å². The van der Waals surface area contributed by atoms with Crippen LogP contribution in [0.2, 0.25) is 10.0 Å². The van der Waals surface area contributed by atoms with Crippen LogP contribution in [-0.2, 0) is 6.42 Å². The van der Waals surface area contributed by atoms with Crippen LogP contribution in [-0.4, -0.2) is 5.78 Å². The maximum atomic E-state index is 11.9. The quantitative estimate of drug-likeness (QED) is 0.757. The van der Waals surface area contributed by atoms with Crippen molar-refractivity contribution in [1.29, 1.82) is 0 Å². The van der Waals surface area contributed by atoms with E-state index in [1.165, 1.54) is 6.26 Å². The van der Waals surface area contributed by atoms with Crippen molar-refractivity contribution >= 4 is 44.9 Å². The number of hydrogen-bond acceptors (Lipinski definition) is 2.